The van der Waals surface area contributed by atoms with Gasteiger partial charge in [0.15, 0.2) is 0 Å². The normalized spacial score (nSPS) is 13.1. The zero-order valence-corrected chi connectivity index (χ0v) is 19.9. The molecule has 0 fully saturated rings. The van der Waals surface area contributed by atoms with Gasteiger partial charge in [-0.25, -0.2) is 4.90 Å². The van der Waals surface area contributed by atoms with Crippen LogP contribution in [0, 0.1) is 11.3 Å². The number of nitriles is 1. The van der Waals surface area contributed by atoms with Gasteiger partial charge in [0.2, 0.25) is 0 Å². The number of rotatable bonds is 8. The Hall–Kier alpha value is -4.57. The number of benzene rings is 3. The lowest BCUT2D eigenvalue weighted by atomic mass is 10.0. The first-order valence-electron chi connectivity index (χ1n) is 11.4. The summed E-state index contributed by atoms with van der Waals surface area (Å²) in [5, 5.41) is 12.3. The Morgan fingerprint density at radius 1 is 0.886 bits per heavy atom. The maximum Gasteiger partial charge on any atom is 0.282 e. The SMILES string of the molecule is CCN(CC)c1ccc(NC2=C(c3ccc(OC)cc3)C(=O)N(c3ccc(C#N)cc3)C2=O)cc1. The first-order valence-corrected chi connectivity index (χ1v) is 11.4. The van der Waals surface area contributed by atoms with Gasteiger partial charge in [-0.3, -0.25) is 9.59 Å². The molecule has 0 unspecified atom stereocenters. The smallest absolute Gasteiger partial charge is 0.282 e. The third-order valence-electron chi connectivity index (χ3n) is 5.98. The second-order valence-electron chi connectivity index (χ2n) is 7.93. The molecule has 0 atom stereocenters. The minimum atomic E-state index is -0.460. The van der Waals surface area contributed by atoms with Crippen molar-refractivity contribution in [3.8, 4) is 11.8 Å². The Kier molecular flexibility index (Phi) is 6.83. The summed E-state index contributed by atoms with van der Waals surface area (Å²) in [7, 11) is 1.57. The molecule has 3 aromatic rings. The van der Waals surface area contributed by atoms with E-state index in [0.29, 0.717) is 28.3 Å². The fourth-order valence-corrected chi connectivity index (χ4v) is 4.08. The molecule has 0 radical (unpaired) electrons. The fraction of sp³-hybridized carbons (Fsp3) is 0.179. The van der Waals surface area contributed by atoms with E-state index in [1.54, 1.807) is 55.6 Å². The molecule has 176 valence electrons. The van der Waals surface area contributed by atoms with Crippen LogP contribution in [-0.4, -0.2) is 32.0 Å². The summed E-state index contributed by atoms with van der Waals surface area (Å²) in [6, 6.07) is 23.2. The highest BCUT2D eigenvalue weighted by Gasteiger charge is 2.40. The molecule has 4 rings (SSSR count). The van der Waals surface area contributed by atoms with E-state index >= 15 is 0 Å². The van der Waals surface area contributed by atoms with Crippen LogP contribution in [0.25, 0.3) is 5.57 Å². The van der Waals surface area contributed by atoms with Crippen molar-refractivity contribution >= 4 is 34.4 Å². The van der Waals surface area contributed by atoms with E-state index in [9.17, 15) is 9.59 Å². The highest BCUT2D eigenvalue weighted by atomic mass is 16.5. The maximum atomic E-state index is 13.6. The van der Waals surface area contributed by atoms with E-state index in [0.717, 1.165) is 23.7 Å². The van der Waals surface area contributed by atoms with Gasteiger partial charge in [-0.2, -0.15) is 5.26 Å². The lowest BCUT2D eigenvalue weighted by Crippen LogP contribution is -2.32. The molecule has 7 nitrogen and oxygen atoms in total. The van der Waals surface area contributed by atoms with Crippen molar-refractivity contribution in [1.29, 1.82) is 5.26 Å². The number of hydrogen-bond acceptors (Lipinski definition) is 6. The molecule has 1 heterocycles. The number of anilines is 3. The van der Waals surface area contributed by atoms with Crippen LogP contribution >= 0.6 is 0 Å². The van der Waals surface area contributed by atoms with Crippen LogP contribution < -0.4 is 19.9 Å². The van der Waals surface area contributed by atoms with E-state index in [2.05, 4.69) is 24.1 Å². The molecule has 0 aromatic heterocycles. The van der Waals surface area contributed by atoms with Crippen molar-refractivity contribution in [2.75, 3.05) is 35.3 Å². The number of carbonyl (C=O) groups is 2. The molecule has 1 N–H and O–H groups in total. The summed E-state index contributed by atoms with van der Waals surface area (Å²) in [6.07, 6.45) is 0. The van der Waals surface area contributed by atoms with E-state index in [-0.39, 0.29) is 11.3 Å². The molecule has 35 heavy (non-hydrogen) atoms. The van der Waals surface area contributed by atoms with E-state index < -0.39 is 11.8 Å². The van der Waals surface area contributed by atoms with Crippen LogP contribution in [0.15, 0.2) is 78.5 Å². The third kappa shape index (κ3) is 4.59. The topological polar surface area (TPSA) is 85.7 Å². The Labute approximate surface area is 204 Å². The summed E-state index contributed by atoms with van der Waals surface area (Å²) < 4.78 is 5.24. The predicted molar refractivity (Wildman–Crippen MR) is 137 cm³/mol. The van der Waals surface area contributed by atoms with Crippen molar-refractivity contribution in [2.45, 2.75) is 13.8 Å². The number of carbonyl (C=O) groups excluding carboxylic acids is 2. The quantitative estimate of drug-likeness (QED) is 0.480. The van der Waals surface area contributed by atoms with Gasteiger partial charge < -0.3 is 15.0 Å². The molecule has 0 saturated heterocycles. The lowest BCUT2D eigenvalue weighted by molar-refractivity contribution is -0.120. The van der Waals surface area contributed by atoms with Crippen LogP contribution in [0.5, 0.6) is 5.75 Å². The zero-order chi connectivity index (χ0) is 24.9. The van der Waals surface area contributed by atoms with Gasteiger partial charge in [-0.15, -0.1) is 0 Å². The summed E-state index contributed by atoms with van der Waals surface area (Å²) in [6.45, 7) is 5.98. The first kappa shape index (κ1) is 23.6. The van der Waals surface area contributed by atoms with Gasteiger partial charge in [0.25, 0.3) is 11.8 Å². The molecule has 0 bridgehead atoms. The van der Waals surface area contributed by atoms with Gasteiger partial charge in [-0.05, 0) is 80.1 Å². The highest BCUT2D eigenvalue weighted by Crippen LogP contribution is 2.34. The Morgan fingerprint density at radius 3 is 2.06 bits per heavy atom. The standard InChI is InChI=1S/C28H26N4O3/c1-4-31(5-2)22-14-10-21(11-15-22)30-26-25(20-8-16-24(35-3)17-9-20)27(33)32(28(26)34)23-12-6-19(18-29)7-13-23/h6-17,30H,4-5H2,1-3H3. The molecule has 0 spiro atoms. The second kappa shape index (κ2) is 10.1. The van der Waals surface area contributed by atoms with Crippen molar-refractivity contribution in [1.82, 2.24) is 0 Å². The first-order chi connectivity index (χ1) is 17.0. The van der Waals surface area contributed by atoms with E-state index in [4.69, 9.17) is 10.00 Å². The minimum Gasteiger partial charge on any atom is -0.497 e. The maximum absolute atomic E-state index is 13.6. The van der Waals surface area contributed by atoms with Crippen LogP contribution in [-0.2, 0) is 9.59 Å². The highest BCUT2D eigenvalue weighted by molar-refractivity contribution is 6.46. The fourth-order valence-electron chi connectivity index (χ4n) is 4.08. The summed E-state index contributed by atoms with van der Waals surface area (Å²) in [5.41, 5.74) is 3.70. The minimum absolute atomic E-state index is 0.195. The van der Waals surface area contributed by atoms with Gasteiger partial charge >= 0.3 is 0 Å². The molecular formula is C28H26N4O3. The second-order valence-corrected chi connectivity index (χ2v) is 7.93. The number of hydrogen-bond donors (Lipinski definition) is 1. The average molecular weight is 467 g/mol. The van der Waals surface area contributed by atoms with Gasteiger partial charge in [0.05, 0.1) is 30.0 Å². The number of ether oxygens (including phenoxy) is 1. The summed E-state index contributed by atoms with van der Waals surface area (Å²) in [4.78, 5) is 30.4. The van der Waals surface area contributed by atoms with Crippen LogP contribution in [0.3, 0.4) is 0 Å². The predicted octanol–water partition coefficient (Wildman–Crippen LogP) is 4.81. The van der Waals surface area contributed by atoms with E-state index in [1.165, 1.54) is 0 Å². The number of nitrogens with zero attached hydrogens (tertiary/aromatic N) is 3. The molecule has 0 saturated carbocycles. The van der Waals surface area contributed by atoms with Crippen molar-refractivity contribution in [3.05, 3.63) is 89.6 Å². The molecule has 2 amide bonds. The number of nitrogens with one attached hydrogen (secondary N) is 1. The molecule has 0 aliphatic carbocycles. The van der Waals surface area contributed by atoms with Crippen LogP contribution in [0.1, 0.15) is 25.0 Å². The molecule has 3 aromatic carbocycles. The number of imide groups is 1. The summed E-state index contributed by atoms with van der Waals surface area (Å²) in [5.74, 6) is -0.248. The van der Waals surface area contributed by atoms with Crippen molar-refractivity contribution < 1.29 is 14.3 Å². The average Bonchev–Trinajstić information content (AvgIpc) is 3.14. The molecular weight excluding hydrogens is 440 g/mol. The molecule has 1 aliphatic rings. The largest absolute Gasteiger partial charge is 0.497 e. The van der Waals surface area contributed by atoms with Crippen molar-refractivity contribution in [3.63, 3.8) is 0 Å². The van der Waals surface area contributed by atoms with E-state index in [1.807, 2.05) is 30.3 Å². The third-order valence-corrected chi connectivity index (χ3v) is 5.98. The van der Waals surface area contributed by atoms with Crippen LogP contribution in [0.2, 0.25) is 0 Å². The molecule has 1 aliphatic heterocycles. The van der Waals surface area contributed by atoms with Gasteiger partial charge in [0, 0.05) is 24.5 Å². The zero-order valence-electron chi connectivity index (χ0n) is 19.9. The van der Waals surface area contributed by atoms with Gasteiger partial charge in [0.1, 0.15) is 11.4 Å². The number of amides is 2. The van der Waals surface area contributed by atoms with Gasteiger partial charge in [-0.1, -0.05) is 12.1 Å². The Balaban J connectivity index is 1.74. The lowest BCUT2D eigenvalue weighted by Gasteiger charge is -2.21. The monoisotopic (exact) mass is 466 g/mol. The molecule has 7 heteroatoms. The number of methoxy groups -OCH3 is 1. The Morgan fingerprint density at radius 2 is 1.51 bits per heavy atom. The van der Waals surface area contributed by atoms with Crippen molar-refractivity contribution in [2.24, 2.45) is 0 Å². The Bertz CT molecular complexity index is 1300. The summed E-state index contributed by atoms with van der Waals surface area (Å²) >= 11 is 0. The van der Waals surface area contributed by atoms with Crippen LogP contribution in [0.4, 0.5) is 17.1 Å².